The molecule has 1 heterocycles. The average molecular weight is 382 g/mol. The van der Waals surface area contributed by atoms with E-state index in [9.17, 15) is 5.11 Å². The molecule has 27 heavy (non-hydrogen) atoms. The molecule has 5 nitrogen and oxygen atoms in total. The average Bonchev–Trinajstić information content (AvgIpc) is 2.60. The van der Waals surface area contributed by atoms with E-state index in [0.717, 1.165) is 16.7 Å². The molecule has 0 unspecified atom stereocenters. The van der Waals surface area contributed by atoms with Crippen molar-refractivity contribution in [1.82, 2.24) is 9.97 Å². The Kier molecular flexibility index (Phi) is 5.33. The molecule has 0 spiro atoms. The summed E-state index contributed by atoms with van der Waals surface area (Å²) in [4.78, 5) is 8.66. The van der Waals surface area contributed by atoms with Crippen molar-refractivity contribution >= 4 is 17.5 Å². The predicted octanol–water partition coefficient (Wildman–Crippen LogP) is 5.02. The summed E-state index contributed by atoms with van der Waals surface area (Å²) < 4.78 is 5.58. The topological polar surface area (TPSA) is 81.3 Å². The van der Waals surface area contributed by atoms with Crippen molar-refractivity contribution in [2.45, 2.75) is 13.8 Å². The number of anilines is 1. The van der Waals surface area contributed by atoms with Crippen molar-refractivity contribution in [3.05, 3.63) is 65.3 Å². The molecular weight excluding hydrogens is 362 g/mol. The summed E-state index contributed by atoms with van der Waals surface area (Å²) in [5.41, 5.74) is 10.2. The fourth-order valence-electron chi connectivity index (χ4n) is 2.76. The second-order valence-corrected chi connectivity index (χ2v) is 6.76. The smallest absolute Gasteiger partial charge is 0.220 e. The Balaban J connectivity index is 2.11. The first-order valence-corrected chi connectivity index (χ1v) is 8.73. The molecule has 6 heteroatoms. The van der Waals surface area contributed by atoms with E-state index in [-0.39, 0.29) is 11.7 Å². The maximum Gasteiger partial charge on any atom is 0.220 e. The number of hydrogen-bond acceptors (Lipinski definition) is 5. The van der Waals surface area contributed by atoms with E-state index in [1.54, 1.807) is 30.3 Å². The molecule has 0 radical (unpaired) electrons. The lowest BCUT2D eigenvalue weighted by molar-refractivity contribution is 0.350. The number of phenolic OH excluding ortho intramolecular Hbond substituents is 1. The maximum absolute atomic E-state index is 10.6. The predicted molar refractivity (Wildman–Crippen MR) is 109 cm³/mol. The van der Waals surface area contributed by atoms with Crippen molar-refractivity contribution in [2.75, 3.05) is 12.3 Å². The number of rotatable bonds is 5. The number of hydrogen-bond donors (Lipinski definition) is 2. The third-order valence-corrected chi connectivity index (χ3v) is 4.20. The lowest BCUT2D eigenvalue weighted by Gasteiger charge is -2.15. The molecule has 0 saturated heterocycles. The first-order valence-electron chi connectivity index (χ1n) is 8.35. The van der Waals surface area contributed by atoms with Gasteiger partial charge in [0.25, 0.3) is 0 Å². The number of nitrogens with zero attached hydrogens (tertiary/aromatic N) is 2. The molecule has 138 valence electrons. The van der Waals surface area contributed by atoms with Gasteiger partial charge in [-0.05, 0) is 49.2 Å². The monoisotopic (exact) mass is 381 g/mol. The highest BCUT2D eigenvalue weighted by Crippen LogP contribution is 2.39. The number of aromatic nitrogens is 2. The van der Waals surface area contributed by atoms with Crippen LogP contribution in [0.15, 0.2) is 54.6 Å². The quantitative estimate of drug-likeness (QED) is 0.607. The fraction of sp³-hybridized carbons (Fsp3) is 0.143. The van der Waals surface area contributed by atoms with Crippen LogP contribution in [0.2, 0.25) is 5.02 Å². The molecule has 3 N–H and O–H groups in total. The zero-order valence-electron chi connectivity index (χ0n) is 15.2. The van der Waals surface area contributed by atoms with Crippen molar-refractivity contribution in [2.24, 2.45) is 0 Å². The zero-order valence-corrected chi connectivity index (χ0v) is 15.9. The minimum atomic E-state index is 0.0435. The lowest BCUT2D eigenvalue weighted by Crippen LogP contribution is -2.03. The van der Waals surface area contributed by atoms with Crippen LogP contribution in [0.25, 0.3) is 22.4 Å². The third kappa shape index (κ3) is 4.20. The largest absolute Gasteiger partial charge is 0.507 e. The Morgan fingerprint density at radius 3 is 2.52 bits per heavy atom. The molecule has 0 amide bonds. The van der Waals surface area contributed by atoms with Gasteiger partial charge in [0.05, 0.1) is 11.4 Å². The highest BCUT2D eigenvalue weighted by atomic mass is 35.5. The Morgan fingerprint density at radius 1 is 1.19 bits per heavy atom. The van der Waals surface area contributed by atoms with Crippen molar-refractivity contribution in [1.29, 1.82) is 0 Å². The van der Waals surface area contributed by atoms with Gasteiger partial charge in [-0.2, -0.15) is 0 Å². The van der Waals surface area contributed by atoms with Crippen LogP contribution in [-0.2, 0) is 0 Å². The number of ether oxygens (including phenoxy) is 1. The van der Waals surface area contributed by atoms with Crippen LogP contribution >= 0.6 is 11.6 Å². The van der Waals surface area contributed by atoms with Gasteiger partial charge in [-0.3, -0.25) is 0 Å². The van der Waals surface area contributed by atoms with Crippen molar-refractivity contribution in [3.8, 4) is 33.9 Å². The minimum absolute atomic E-state index is 0.0435. The first kappa shape index (κ1) is 18.7. The molecule has 0 bridgehead atoms. The minimum Gasteiger partial charge on any atom is -0.507 e. The molecule has 0 aliphatic heterocycles. The highest BCUT2D eigenvalue weighted by Gasteiger charge is 2.18. The molecule has 0 aliphatic carbocycles. The summed E-state index contributed by atoms with van der Waals surface area (Å²) in [6.45, 7) is 7.91. The van der Waals surface area contributed by atoms with Gasteiger partial charge in [0.2, 0.25) is 5.95 Å². The number of phenols is 1. The normalized spacial score (nSPS) is 10.6. The summed E-state index contributed by atoms with van der Waals surface area (Å²) in [5.74, 6) is 0.732. The fourth-order valence-corrected chi connectivity index (χ4v) is 2.89. The van der Waals surface area contributed by atoms with Gasteiger partial charge in [-0.15, -0.1) is 0 Å². The van der Waals surface area contributed by atoms with Gasteiger partial charge in [0, 0.05) is 22.2 Å². The van der Waals surface area contributed by atoms with Gasteiger partial charge in [0.15, 0.2) is 0 Å². The zero-order chi connectivity index (χ0) is 19.6. The van der Waals surface area contributed by atoms with E-state index in [2.05, 4.69) is 16.5 Å². The standard InChI is InChI=1S/C21H20ClN3O2/c1-12(2)11-27-16-8-9-17(18(26)10-16)20-19(13(3)24-21(23)25-20)14-4-6-15(22)7-5-14/h4-10,26H,1,11H2,2-3H3,(H2,23,24,25). The lowest BCUT2D eigenvalue weighted by atomic mass is 9.97. The van der Waals surface area contributed by atoms with Crippen LogP contribution < -0.4 is 10.5 Å². The van der Waals surface area contributed by atoms with Gasteiger partial charge in [-0.1, -0.05) is 30.3 Å². The number of benzene rings is 2. The Morgan fingerprint density at radius 2 is 1.89 bits per heavy atom. The van der Waals surface area contributed by atoms with E-state index in [4.69, 9.17) is 22.1 Å². The highest BCUT2D eigenvalue weighted by molar-refractivity contribution is 6.30. The summed E-state index contributed by atoms with van der Waals surface area (Å²) in [5, 5.41) is 11.2. The van der Waals surface area contributed by atoms with Crippen LogP contribution in [0.1, 0.15) is 12.6 Å². The van der Waals surface area contributed by atoms with Gasteiger partial charge in [-0.25, -0.2) is 9.97 Å². The molecule has 3 rings (SSSR count). The van der Waals surface area contributed by atoms with Crippen LogP contribution in [0.3, 0.4) is 0 Å². The van der Waals surface area contributed by atoms with Gasteiger partial charge < -0.3 is 15.6 Å². The second-order valence-electron chi connectivity index (χ2n) is 6.32. The number of halogens is 1. The first-order chi connectivity index (χ1) is 12.8. The van der Waals surface area contributed by atoms with Crippen LogP contribution in [0.5, 0.6) is 11.5 Å². The molecule has 0 aliphatic rings. The molecule has 3 aromatic rings. The van der Waals surface area contributed by atoms with Gasteiger partial charge >= 0.3 is 0 Å². The Hall–Kier alpha value is -3.05. The number of nitrogens with two attached hydrogens (primary N) is 1. The van der Waals surface area contributed by atoms with Crippen molar-refractivity contribution in [3.63, 3.8) is 0 Å². The summed E-state index contributed by atoms with van der Waals surface area (Å²) in [7, 11) is 0. The summed E-state index contributed by atoms with van der Waals surface area (Å²) in [6.07, 6.45) is 0. The summed E-state index contributed by atoms with van der Waals surface area (Å²) >= 11 is 6.00. The molecule has 0 saturated carbocycles. The number of aryl methyl sites for hydroxylation is 1. The van der Waals surface area contributed by atoms with Gasteiger partial charge in [0.1, 0.15) is 18.1 Å². The maximum atomic E-state index is 10.6. The van der Waals surface area contributed by atoms with Crippen LogP contribution in [-0.4, -0.2) is 21.7 Å². The SMILES string of the molecule is C=C(C)COc1ccc(-c2nc(N)nc(C)c2-c2ccc(Cl)cc2)c(O)c1. The molecule has 1 aromatic heterocycles. The van der Waals surface area contributed by atoms with E-state index in [1.807, 2.05) is 26.0 Å². The molecular formula is C21H20ClN3O2. The van der Waals surface area contributed by atoms with E-state index >= 15 is 0 Å². The van der Waals surface area contributed by atoms with Crippen LogP contribution in [0.4, 0.5) is 5.95 Å². The number of aromatic hydroxyl groups is 1. The second kappa shape index (κ2) is 7.68. The Labute approximate surface area is 163 Å². The third-order valence-electron chi connectivity index (χ3n) is 3.95. The molecule has 2 aromatic carbocycles. The van der Waals surface area contributed by atoms with E-state index in [1.165, 1.54) is 0 Å². The van der Waals surface area contributed by atoms with Crippen molar-refractivity contribution < 1.29 is 9.84 Å². The molecule has 0 fully saturated rings. The molecule has 0 atom stereocenters. The van der Waals surface area contributed by atoms with E-state index in [0.29, 0.717) is 34.3 Å². The van der Waals surface area contributed by atoms with Crippen LogP contribution in [0, 0.1) is 6.92 Å². The Bertz CT molecular complexity index is 1000. The van der Waals surface area contributed by atoms with E-state index < -0.39 is 0 Å². The number of nitrogen functional groups attached to an aromatic ring is 1. The summed E-state index contributed by atoms with van der Waals surface area (Å²) in [6, 6.07) is 12.4.